The minimum atomic E-state index is -0.600. The van der Waals surface area contributed by atoms with Crippen LogP contribution >= 0.6 is 12.4 Å². The zero-order valence-corrected chi connectivity index (χ0v) is 12.3. The van der Waals surface area contributed by atoms with Gasteiger partial charge in [-0.2, -0.15) is 0 Å². The molecule has 1 heterocycles. The molecule has 0 aliphatic rings. The van der Waals surface area contributed by atoms with Crippen molar-refractivity contribution in [2.24, 2.45) is 0 Å². The van der Waals surface area contributed by atoms with Crippen molar-refractivity contribution >= 4 is 24.3 Å². The largest absolute Gasteiger partial charge is 0.444 e. The van der Waals surface area contributed by atoms with Crippen LogP contribution in [0, 0.1) is 6.92 Å². The molecule has 0 radical (unpaired) electrons. The Kier molecular flexibility index (Phi) is 6.48. The molecular formula is C13H19ClN2O3. The second-order valence-electron chi connectivity index (χ2n) is 5.03. The third-order valence-corrected chi connectivity index (χ3v) is 1.99. The van der Waals surface area contributed by atoms with Gasteiger partial charge < -0.3 is 10.1 Å². The van der Waals surface area contributed by atoms with Crippen LogP contribution in [-0.4, -0.2) is 29.0 Å². The Hall–Kier alpha value is -1.62. The molecule has 1 N–H and O–H groups in total. The van der Waals surface area contributed by atoms with E-state index in [0.29, 0.717) is 5.56 Å². The van der Waals surface area contributed by atoms with Crippen molar-refractivity contribution in [2.45, 2.75) is 33.3 Å². The highest BCUT2D eigenvalue weighted by atomic mass is 35.5. The molecule has 6 heteroatoms. The second kappa shape index (κ2) is 7.09. The quantitative estimate of drug-likeness (QED) is 0.867. The van der Waals surface area contributed by atoms with E-state index in [1.165, 1.54) is 6.20 Å². The normalized spacial score (nSPS) is 10.3. The average molecular weight is 287 g/mol. The summed E-state index contributed by atoms with van der Waals surface area (Å²) >= 11 is 0. The zero-order chi connectivity index (χ0) is 13.8. The number of carbonyl (C=O) groups is 2. The molecule has 0 aliphatic carbocycles. The first-order valence-electron chi connectivity index (χ1n) is 5.69. The summed E-state index contributed by atoms with van der Waals surface area (Å²) < 4.78 is 5.03. The van der Waals surface area contributed by atoms with E-state index >= 15 is 0 Å². The predicted octanol–water partition coefficient (Wildman–Crippen LogP) is 2.52. The molecule has 1 amide bonds. The molecule has 19 heavy (non-hydrogen) atoms. The first-order valence-corrected chi connectivity index (χ1v) is 5.69. The number of alkyl carbamates (subject to hydrolysis) is 1. The molecule has 0 saturated heterocycles. The fourth-order valence-corrected chi connectivity index (χ4v) is 1.28. The van der Waals surface area contributed by atoms with Crippen LogP contribution in [-0.2, 0) is 4.74 Å². The van der Waals surface area contributed by atoms with E-state index in [1.54, 1.807) is 33.0 Å². The van der Waals surface area contributed by atoms with Gasteiger partial charge in [-0.3, -0.25) is 9.78 Å². The lowest BCUT2D eigenvalue weighted by Gasteiger charge is -2.19. The maximum Gasteiger partial charge on any atom is 0.408 e. The molecule has 0 bridgehead atoms. The number of halogens is 1. The van der Waals surface area contributed by atoms with Gasteiger partial charge in [0.1, 0.15) is 5.60 Å². The average Bonchev–Trinajstić information content (AvgIpc) is 2.23. The Bertz CT molecular complexity index is 455. The monoisotopic (exact) mass is 286 g/mol. The Morgan fingerprint density at radius 2 is 1.95 bits per heavy atom. The number of Topliss-reactive ketones (excluding diaryl/α,β-unsaturated/α-hetero) is 1. The number of hydrogen-bond acceptors (Lipinski definition) is 4. The number of hydrogen-bond donors (Lipinski definition) is 1. The minimum absolute atomic E-state index is 0. The molecule has 0 saturated carbocycles. The molecule has 1 aromatic rings. The molecule has 106 valence electrons. The van der Waals surface area contributed by atoms with Crippen LogP contribution in [0.4, 0.5) is 4.79 Å². The second-order valence-corrected chi connectivity index (χ2v) is 5.03. The first kappa shape index (κ1) is 17.4. The van der Waals surface area contributed by atoms with Crippen LogP contribution in [0.15, 0.2) is 18.5 Å². The lowest BCUT2D eigenvalue weighted by Crippen LogP contribution is -2.35. The molecule has 0 unspecified atom stereocenters. The number of nitrogens with one attached hydrogen (secondary N) is 1. The van der Waals surface area contributed by atoms with Gasteiger partial charge in [-0.25, -0.2) is 4.79 Å². The van der Waals surface area contributed by atoms with Crippen LogP contribution in [0.5, 0.6) is 0 Å². The topological polar surface area (TPSA) is 68.3 Å². The maximum absolute atomic E-state index is 11.8. The van der Waals surface area contributed by atoms with Gasteiger partial charge in [-0.15, -0.1) is 12.4 Å². The summed E-state index contributed by atoms with van der Waals surface area (Å²) in [6.45, 7) is 7.04. The van der Waals surface area contributed by atoms with Gasteiger partial charge in [0.05, 0.1) is 6.54 Å². The predicted molar refractivity (Wildman–Crippen MR) is 74.8 cm³/mol. The molecule has 0 atom stereocenters. The van der Waals surface area contributed by atoms with Crippen LogP contribution in [0.3, 0.4) is 0 Å². The Morgan fingerprint density at radius 3 is 2.47 bits per heavy atom. The van der Waals surface area contributed by atoms with Crippen LogP contribution in [0.25, 0.3) is 0 Å². The number of aryl methyl sites for hydroxylation is 1. The van der Waals surface area contributed by atoms with Gasteiger partial charge in [0, 0.05) is 18.0 Å². The highest BCUT2D eigenvalue weighted by molar-refractivity contribution is 5.98. The minimum Gasteiger partial charge on any atom is -0.444 e. The lowest BCUT2D eigenvalue weighted by molar-refractivity contribution is 0.0520. The molecule has 0 aromatic carbocycles. The maximum atomic E-state index is 11.8. The number of aromatic nitrogens is 1. The zero-order valence-electron chi connectivity index (χ0n) is 11.5. The highest BCUT2D eigenvalue weighted by Gasteiger charge is 2.17. The summed E-state index contributed by atoms with van der Waals surface area (Å²) in [6, 6.07) is 1.73. The van der Waals surface area contributed by atoms with Crippen molar-refractivity contribution in [3.63, 3.8) is 0 Å². The van der Waals surface area contributed by atoms with E-state index in [2.05, 4.69) is 10.3 Å². The van der Waals surface area contributed by atoms with Gasteiger partial charge in [0.15, 0.2) is 5.78 Å². The molecular weight excluding hydrogens is 268 g/mol. The standard InChI is InChI=1S/C13H18N2O3.ClH/c1-9-5-10(7-14-6-9)11(16)8-15-12(17)18-13(2,3)4;/h5-7H,8H2,1-4H3,(H,15,17);1H. The van der Waals surface area contributed by atoms with Gasteiger partial charge in [0.2, 0.25) is 0 Å². The van der Waals surface area contributed by atoms with Crippen LogP contribution < -0.4 is 5.32 Å². The van der Waals surface area contributed by atoms with Crippen LogP contribution in [0.1, 0.15) is 36.7 Å². The van der Waals surface area contributed by atoms with Crippen LogP contribution in [0.2, 0.25) is 0 Å². The number of ether oxygens (including phenoxy) is 1. The van der Waals surface area contributed by atoms with E-state index in [1.807, 2.05) is 6.92 Å². The smallest absolute Gasteiger partial charge is 0.408 e. The van der Waals surface area contributed by atoms with Crippen molar-refractivity contribution in [1.82, 2.24) is 10.3 Å². The molecule has 5 nitrogen and oxygen atoms in total. The van der Waals surface area contributed by atoms with E-state index in [9.17, 15) is 9.59 Å². The van der Waals surface area contributed by atoms with Gasteiger partial charge >= 0.3 is 6.09 Å². The lowest BCUT2D eigenvalue weighted by atomic mass is 10.1. The third-order valence-electron chi connectivity index (χ3n) is 1.99. The Balaban J connectivity index is 0.00000324. The van der Waals surface area contributed by atoms with Crippen molar-refractivity contribution in [2.75, 3.05) is 6.54 Å². The van der Waals surface area contributed by atoms with Crippen molar-refractivity contribution in [3.05, 3.63) is 29.6 Å². The number of carbonyl (C=O) groups excluding carboxylic acids is 2. The van der Waals surface area contributed by atoms with Crippen molar-refractivity contribution < 1.29 is 14.3 Å². The summed E-state index contributed by atoms with van der Waals surface area (Å²) in [5.74, 6) is -0.197. The fraction of sp³-hybridized carbons (Fsp3) is 0.462. The molecule has 1 rings (SSSR count). The number of nitrogens with zero attached hydrogens (tertiary/aromatic N) is 1. The highest BCUT2D eigenvalue weighted by Crippen LogP contribution is 2.06. The van der Waals surface area contributed by atoms with Crippen molar-refractivity contribution in [3.8, 4) is 0 Å². The Morgan fingerprint density at radius 1 is 1.32 bits per heavy atom. The summed E-state index contributed by atoms with van der Waals surface area (Å²) in [4.78, 5) is 27.0. The molecule has 0 fully saturated rings. The first-order chi connectivity index (χ1) is 8.28. The molecule has 0 aliphatic heterocycles. The van der Waals surface area contributed by atoms with E-state index in [0.717, 1.165) is 5.56 Å². The van der Waals surface area contributed by atoms with E-state index < -0.39 is 11.7 Å². The van der Waals surface area contributed by atoms with Gasteiger partial charge in [0.25, 0.3) is 0 Å². The molecule has 1 aromatic heterocycles. The van der Waals surface area contributed by atoms with E-state index in [-0.39, 0.29) is 24.7 Å². The number of pyridine rings is 1. The van der Waals surface area contributed by atoms with E-state index in [4.69, 9.17) is 4.74 Å². The SMILES string of the molecule is Cc1cncc(C(=O)CNC(=O)OC(C)(C)C)c1.Cl. The van der Waals surface area contributed by atoms with Gasteiger partial charge in [-0.05, 0) is 39.3 Å². The Labute approximate surface area is 119 Å². The van der Waals surface area contributed by atoms with Crippen molar-refractivity contribution in [1.29, 1.82) is 0 Å². The number of amides is 1. The summed E-state index contributed by atoms with van der Waals surface area (Å²) in [6.07, 6.45) is 2.54. The molecule has 0 spiro atoms. The number of ketones is 1. The number of rotatable bonds is 3. The summed E-state index contributed by atoms with van der Waals surface area (Å²) in [5, 5.41) is 2.42. The summed E-state index contributed by atoms with van der Waals surface area (Å²) in [7, 11) is 0. The summed E-state index contributed by atoms with van der Waals surface area (Å²) in [5.41, 5.74) is 0.807. The van der Waals surface area contributed by atoms with Gasteiger partial charge in [-0.1, -0.05) is 0 Å². The fourth-order valence-electron chi connectivity index (χ4n) is 1.28. The third kappa shape index (κ3) is 6.76.